The third-order valence-corrected chi connectivity index (χ3v) is 5.64. The smallest absolute Gasteiger partial charge is 0.145 e. The molecule has 1 aliphatic heterocycles. The first kappa shape index (κ1) is 17.2. The number of fused-ring (bicyclic) bond motifs is 1. The zero-order valence-electron chi connectivity index (χ0n) is 15.3. The van der Waals surface area contributed by atoms with Crippen LogP contribution in [0.1, 0.15) is 17.7 Å². The number of methoxy groups -OCH3 is 1. The van der Waals surface area contributed by atoms with Gasteiger partial charge in [0.15, 0.2) is 0 Å². The lowest BCUT2D eigenvalue weighted by atomic mass is 10.1. The van der Waals surface area contributed by atoms with E-state index < -0.39 is 0 Å². The van der Waals surface area contributed by atoms with E-state index in [0.29, 0.717) is 0 Å². The minimum atomic E-state index is 0.837. The van der Waals surface area contributed by atoms with Crippen LogP contribution in [0.5, 0.6) is 5.75 Å². The lowest BCUT2D eigenvalue weighted by Crippen LogP contribution is -2.31. The van der Waals surface area contributed by atoms with E-state index in [4.69, 9.17) is 4.74 Å². The summed E-state index contributed by atoms with van der Waals surface area (Å²) >= 11 is 1.67. The van der Waals surface area contributed by atoms with E-state index in [-0.39, 0.29) is 0 Å². The van der Waals surface area contributed by atoms with Crippen molar-refractivity contribution in [3.05, 3.63) is 46.5 Å². The Hall–Kier alpha value is -2.18. The Morgan fingerprint density at radius 1 is 1.15 bits per heavy atom. The minimum Gasteiger partial charge on any atom is -0.494 e. The van der Waals surface area contributed by atoms with Gasteiger partial charge >= 0.3 is 0 Å². The van der Waals surface area contributed by atoms with Crippen molar-refractivity contribution in [2.24, 2.45) is 0 Å². The fraction of sp³-hybridized carbons (Fsp3) is 0.400. The van der Waals surface area contributed by atoms with Crippen molar-refractivity contribution in [2.75, 3.05) is 38.2 Å². The summed E-state index contributed by atoms with van der Waals surface area (Å²) in [5.74, 6) is 0.837. The second kappa shape index (κ2) is 7.60. The molecule has 0 aliphatic carbocycles. The summed E-state index contributed by atoms with van der Waals surface area (Å²) in [6, 6.07) is 6.19. The number of anilines is 1. The molecule has 6 heteroatoms. The molecule has 136 valence electrons. The zero-order valence-corrected chi connectivity index (χ0v) is 16.1. The van der Waals surface area contributed by atoms with Crippen LogP contribution < -0.4 is 9.64 Å². The number of ether oxygens (including phenoxy) is 1. The molecule has 0 unspecified atom stereocenters. The normalized spacial score (nSPS) is 16.0. The molecule has 0 atom stereocenters. The van der Waals surface area contributed by atoms with Crippen molar-refractivity contribution in [1.82, 2.24) is 14.9 Å². The van der Waals surface area contributed by atoms with Gasteiger partial charge in [-0.15, -0.1) is 11.3 Å². The zero-order chi connectivity index (χ0) is 17.9. The van der Waals surface area contributed by atoms with Crippen molar-refractivity contribution in [3.63, 3.8) is 0 Å². The number of aromatic nitrogens is 2. The van der Waals surface area contributed by atoms with E-state index in [1.807, 2.05) is 17.8 Å². The molecule has 4 rings (SSSR count). The maximum atomic E-state index is 5.51. The number of nitrogens with zero attached hydrogens (tertiary/aromatic N) is 4. The molecule has 1 aliphatic rings. The number of para-hydroxylation sites is 1. The van der Waals surface area contributed by atoms with E-state index in [9.17, 15) is 0 Å². The second-order valence-corrected chi connectivity index (χ2v) is 7.46. The molecule has 26 heavy (non-hydrogen) atoms. The van der Waals surface area contributed by atoms with E-state index in [0.717, 1.165) is 50.4 Å². The first-order chi connectivity index (χ1) is 12.8. The maximum Gasteiger partial charge on any atom is 0.145 e. The number of rotatable bonds is 4. The van der Waals surface area contributed by atoms with Crippen molar-refractivity contribution in [2.45, 2.75) is 19.9 Å². The molecule has 1 fully saturated rings. The highest BCUT2D eigenvalue weighted by atomic mass is 32.1. The molecule has 0 N–H and O–H groups in total. The van der Waals surface area contributed by atoms with E-state index in [1.165, 1.54) is 22.3 Å². The highest BCUT2D eigenvalue weighted by Crippen LogP contribution is 2.34. The Labute approximate surface area is 158 Å². The van der Waals surface area contributed by atoms with E-state index in [2.05, 4.69) is 44.2 Å². The van der Waals surface area contributed by atoms with Gasteiger partial charge < -0.3 is 9.64 Å². The van der Waals surface area contributed by atoms with Gasteiger partial charge in [-0.3, -0.25) is 9.88 Å². The fourth-order valence-corrected chi connectivity index (χ4v) is 4.31. The van der Waals surface area contributed by atoms with Gasteiger partial charge in [-0.05, 0) is 25.0 Å². The number of pyridine rings is 1. The van der Waals surface area contributed by atoms with Crippen LogP contribution in [0, 0.1) is 6.92 Å². The van der Waals surface area contributed by atoms with Gasteiger partial charge in [-0.2, -0.15) is 0 Å². The molecule has 5 nitrogen and oxygen atoms in total. The van der Waals surface area contributed by atoms with Gasteiger partial charge in [-0.25, -0.2) is 4.98 Å². The molecule has 0 saturated carbocycles. The third kappa shape index (κ3) is 3.39. The quantitative estimate of drug-likeness (QED) is 0.702. The molecular formula is C20H24N4OS. The number of benzene rings is 1. The van der Waals surface area contributed by atoms with Crippen LogP contribution in [0.15, 0.2) is 35.3 Å². The summed E-state index contributed by atoms with van der Waals surface area (Å²) in [6.07, 6.45) is 3.12. The largest absolute Gasteiger partial charge is 0.494 e. The van der Waals surface area contributed by atoms with E-state index >= 15 is 0 Å². The predicted molar refractivity (Wildman–Crippen MR) is 107 cm³/mol. The van der Waals surface area contributed by atoms with Crippen LogP contribution in [0.25, 0.3) is 10.9 Å². The number of aryl methyl sites for hydroxylation is 1. The number of thiazole rings is 1. The van der Waals surface area contributed by atoms with Crippen LogP contribution in [0.4, 0.5) is 5.69 Å². The average molecular weight is 369 g/mol. The first-order valence-electron chi connectivity index (χ1n) is 9.03. The fourth-order valence-electron chi connectivity index (χ4n) is 3.76. The average Bonchev–Trinajstić information content (AvgIpc) is 3.06. The number of hydrogen-bond acceptors (Lipinski definition) is 6. The molecule has 3 aromatic rings. The molecule has 1 saturated heterocycles. The Morgan fingerprint density at radius 2 is 2.08 bits per heavy atom. The first-order valence-corrected chi connectivity index (χ1v) is 9.97. The summed E-state index contributed by atoms with van der Waals surface area (Å²) in [5, 5.41) is 3.33. The topological polar surface area (TPSA) is 41.5 Å². The molecule has 0 radical (unpaired) electrons. The lowest BCUT2D eigenvalue weighted by molar-refractivity contribution is 0.282. The third-order valence-electron chi connectivity index (χ3n) is 5.01. The van der Waals surface area contributed by atoms with Gasteiger partial charge in [0, 0.05) is 49.7 Å². The summed E-state index contributed by atoms with van der Waals surface area (Å²) in [4.78, 5) is 14.1. The van der Waals surface area contributed by atoms with Crippen LogP contribution >= 0.6 is 11.3 Å². The van der Waals surface area contributed by atoms with Gasteiger partial charge in [0.05, 0.1) is 24.0 Å². The van der Waals surface area contributed by atoms with Crippen LogP contribution in [0.3, 0.4) is 0 Å². The van der Waals surface area contributed by atoms with Gasteiger partial charge in [0.2, 0.25) is 0 Å². The van der Waals surface area contributed by atoms with Crippen LogP contribution in [0.2, 0.25) is 0 Å². The monoisotopic (exact) mass is 368 g/mol. The lowest BCUT2D eigenvalue weighted by Gasteiger charge is -2.26. The molecular weight excluding hydrogens is 344 g/mol. The summed E-state index contributed by atoms with van der Waals surface area (Å²) in [6.45, 7) is 7.33. The van der Waals surface area contributed by atoms with Crippen molar-refractivity contribution in [1.29, 1.82) is 0 Å². The Balaban J connectivity index is 1.60. The predicted octanol–water partition coefficient (Wildman–Crippen LogP) is 3.72. The molecule has 0 bridgehead atoms. The molecule has 3 heterocycles. The molecule has 0 spiro atoms. The molecule has 2 aromatic heterocycles. The van der Waals surface area contributed by atoms with Gasteiger partial charge in [0.1, 0.15) is 11.3 Å². The second-order valence-electron chi connectivity index (χ2n) is 6.74. The Kier molecular flexibility index (Phi) is 5.04. The van der Waals surface area contributed by atoms with E-state index in [1.54, 1.807) is 18.4 Å². The summed E-state index contributed by atoms with van der Waals surface area (Å²) in [5.41, 5.74) is 6.56. The van der Waals surface area contributed by atoms with Crippen LogP contribution in [-0.4, -0.2) is 48.2 Å². The van der Waals surface area contributed by atoms with Gasteiger partial charge in [-0.1, -0.05) is 12.1 Å². The molecule has 1 aromatic carbocycles. The molecule has 0 amide bonds. The van der Waals surface area contributed by atoms with Crippen LogP contribution in [-0.2, 0) is 6.54 Å². The summed E-state index contributed by atoms with van der Waals surface area (Å²) < 4.78 is 5.51. The van der Waals surface area contributed by atoms with Crippen molar-refractivity contribution in [3.8, 4) is 5.75 Å². The van der Waals surface area contributed by atoms with Crippen molar-refractivity contribution < 1.29 is 4.74 Å². The Morgan fingerprint density at radius 3 is 2.88 bits per heavy atom. The highest BCUT2D eigenvalue weighted by molar-refractivity contribution is 7.07. The summed E-state index contributed by atoms with van der Waals surface area (Å²) in [7, 11) is 1.71. The number of hydrogen-bond donors (Lipinski definition) is 0. The maximum absolute atomic E-state index is 5.51. The minimum absolute atomic E-state index is 0.837. The standard InChI is InChI=1S/C20H24N4OS/c1-15-11-21-19-17(5-3-6-18(19)25-2)20(15)24-8-4-7-23(9-10-24)12-16-13-26-14-22-16/h3,5-6,11,13-14H,4,7-10,12H2,1-2H3. The SMILES string of the molecule is COc1cccc2c(N3CCCN(Cc4cscn4)CC3)c(C)cnc12. The highest BCUT2D eigenvalue weighted by Gasteiger charge is 2.20. The Bertz CT molecular complexity index is 881. The van der Waals surface area contributed by atoms with Crippen molar-refractivity contribution >= 4 is 27.9 Å². The van der Waals surface area contributed by atoms with Gasteiger partial charge in [0.25, 0.3) is 0 Å².